The summed E-state index contributed by atoms with van der Waals surface area (Å²) in [7, 11) is 0. The number of rotatable bonds is 8. The summed E-state index contributed by atoms with van der Waals surface area (Å²) >= 11 is 0. The fourth-order valence-corrected chi connectivity index (χ4v) is 3.60. The van der Waals surface area contributed by atoms with Crippen molar-refractivity contribution in [2.75, 3.05) is 19.6 Å². The number of nitrogens with zero attached hydrogens (tertiary/aromatic N) is 4. The fourth-order valence-electron chi connectivity index (χ4n) is 3.60. The van der Waals surface area contributed by atoms with E-state index in [0.29, 0.717) is 37.9 Å². The Balaban J connectivity index is 1.42. The summed E-state index contributed by atoms with van der Waals surface area (Å²) in [6.45, 7) is 4.43. The minimum atomic E-state index is 0.158. The maximum Gasteiger partial charge on any atom is 0.220 e. The molecule has 2 aromatic rings. The first-order chi connectivity index (χ1) is 13.8. The van der Waals surface area contributed by atoms with Gasteiger partial charge in [-0.3, -0.25) is 9.20 Å². The molecule has 0 aliphatic heterocycles. The molecule has 3 rings (SSSR count). The summed E-state index contributed by atoms with van der Waals surface area (Å²) in [5.74, 6) is 2.22. The number of guanidine groups is 1. The van der Waals surface area contributed by atoms with Crippen molar-refractivity contribution in [2.45, 2.75) is 52.0 Å². The van der Waals surface area contributed by atoms with Crippen molar-refractivity contribution in [3.63, 3.8) is 0 Å². The van der Waals surface area contributed by atoms with E-state index in [1.807, 2.05) is 35.7 Å². The molecule has 0 atom stereocenters. The Morgan fingerprint density at radius 2 is 1.96 bits per heavy atom. The van der Waals surface area contributed by atoms with Gasteiger partial charge >= 0.3 is 0 Å². The van der Waals surface area contributed by atoms with Crippen LogP contribution in [0.1, 0.15) is 51.3 Å². The fraction of sp³-hybridized carbons (Fsp3) is 0.600. The van der Waals surface area contributed by atoms with Crippen LogP contribution in [0.5, 0.6) is 0 Å². The molecule has 28 heavy (non-hydrogen) atoms. The zero-order valence-corrected chi connectivity index (χ0v) is 16.7. The molecule has 1 aliphatic rings. The predicted molar refractivity (Wildman–Crippen MR) is 110 cm³/mol. The van der Waals surface area contributed by atoms with Crippen molar-refractivity contribution < 1.29 is 4.79 Å². The topological polar surface area (TPSA) is 95.7 Å². The minimum absolute atomic E-state index is 0.158. The number of nitrogens with one attached hydrogen (secondary N) is 3. The van der Waals surface area contributed by atoms with Crippen molar-refractivity contribution in [3.8, 4) is 0 Å². The van der Waals surface area contributed by atoms with Gasteiger partial charge in [-0.15, -0.1) is 10.2 Å². The lowest BCUT2D eigenvalue weighted by Gasteiger charge is -2.20. The molecule has 8 nitrogen and oxygen atoms in total. The Morgan fingerprint density at radius 3 is 2.79 bits per heavy atom. The first kappa shape index (κ1) is 20.1. The molecule has 0 spiro atoms. The standard InChI is InChI=1S/C20H31N7O/c1-2-21-20(24-15-18-26-25-17-10-6-7-13-27(17)18)23-12-11-22-19(28)14-16-8-4-3-5-9-16/h6-7,10,13,16H,2-5,8-9,11-12,14-15H2,1H3,(H,22,28)(H2,21,23,24). The Labute approximate surface area is 166 Å². The third-order valence-electron chi connectivity index (χ3n) is 5.05. The first-order valence-electron chi connectivity index (χ1n) is 10.3. The van der Waals surface area contributed by atoms with Gasteiger partial charge < -0.3 is 16.0 Å². The van der Waals surface area contributed by atoms with Crippen LogP contribution >= 0.6 is 0 Å². The van der Waals surface area contributed by atoms with Crippen molar-refractivity contribution in [1.82, 2.24) is 30.5 Å². The summed E-state index contributed by atoms with van der Waals surface area (Å²) in [5.41, 5.74) is 0.811. The van der Waals surface area contributed by atoms with Crippen LogP contribution in [0.25, 0.3) is 5.65 Å². The normalized spacial score (nSPS) is 15.5. The van der Waals surface area contributed by atoms with Crippen LogP contribution < -0.4 is 16.0 Å². The van der Waals surface area contributed by atoms with Gasteiger partial charge in [0.25, 0.3) is 0 Å². The van der Waals surface area contributed by atoms with Gasteiger partial charge in [0.1, 0.15) is 6.54 Å². The number of carbonyl (C=O) groups is 1. The summed E-state index contributed by atoms with van der Waals surface area (Å²) in [6.07, 6.45) is 8.84. The van der Waals surface area contributed by atoms with Crippen LogP contribution in [0, 0.1) is 5.92 Å². The molecule has 1 amide bonds. The number of pyridine rings is 1. The van der Waals surface area contributed by atoms with E-state index < -0.39 is 0 Å². The Kier molecular flexibility index (Phi) is 7.63. The number of hydrogen-bond donors (Lipinski definition) is 3. The highest BCUT2D eigenvalue weighted by atomic mass is 16.1. The molecule has 1 saturated carbocycles. The third-order valence-corrected chi connectivity index (χ3v) is 5.05. The SMILES string of the molecule is CCNC(=NCc1nnc2ccccn12)NCCNC(=O)CC1CCCCC1. The highest BCUT2D eigenvalue weighted by Gasteiger charge is 2.16. The molecule has 8 heteroatoms. The summed E-state index contributed by atoms with van der Waals surface area (Å²) in [6, 6.07) is 5.80. The van der Waals surface area contributed by atoms with E-state index in [-0.39, 0.29) is 5.91 Å². The highest BCUT2D eigenvalue weighted by Crippen LogP contribution is 2.25. The summed E-state index contributed by atoms with van der Waals surface area (Å²) in [4.78, 5) is 16.7. The van der Waals surface area contributed by atoms with E-state index in [4.69, 9.17) is 0 Å². The van der Waals surface area contributed by atoms with Crippen LogP contribution in [0.3, 0.4) is 0 Å². The smallest absolute Gasteiger partial charge is 0.220 e. The Hall–Kier alpha value is -2.64. The van der Waals surface area contributed by atoms with Crippen molar-refractivity contribution >= 4 is 17.5 Å². The average Bonchev–Trinajstić information content (AvgIpc) is 3.13. The second-order valence-electron chi connectivity index (χ2n) is 7.23. The molecule has 0 aromatic carbocycles. The van der Waals surface area contributed by atoms with E-state index in [1.165, 1.54) is 32.1 Å². The molecule has 0 radical (unpaired) electrons. The van der Waals surface area contributed by atoms with Crippen LogP contribution in [-0.2, 0) is 11.3 Å². The Bertz CT molecular complexity index is 780. The van der Waals surface area contributed by atoms with Crippen molar-refractivity contribution in [1.29, 1.82) is 0 Å². The molecular formula is C20H31N7O. The van der Waals surface area contributed by atoms with Gasteiger partial charge in [-0.1, -0.05) is 25.3 Å². The largest absolute Gasteiger partial charge is 0.357 e. The molecule has 3 N–H and O–H groups in total. The van der Waals surface area contributed by atoms with E-state index in [0.717, 1.165) is 18.0 Å². The van der Waals surface area contributed by atoms with E-state index in [1.54, 1.807) is 0 Å². The van der Waals surface area contributed by atoms with Gasteiger partial charge in [-0.05, 0) is 37.8 Å². The lowest BCUT2D eigenvalue weighted by atomic mass is 9.87. The quantitative estimate of drug-likeness (QED) is 0.366. The van der Waals surface area contributed by atoms with Crippen molar-refractivity contribution in [3.05, 3.63) is 30.2 Å². The molecule has 2 aromatic heterocycles. The average molecular weight is 386 g/mol. The number of fused-ring (bicyclic) bond motifs is 1. The second-order valence-corrected chi connectivity index (χ2v) is 7.23. The predicted octanol–water partition coefficient (Wildman–Crippen LogP) is 1.87. The number of aromatic nitrogens is 3. The van der Waals surface area contributed by atoms with Gasteiger partial charge in [0, 0.05) is 32.3 Å². The molecule has 0 bridgehead atoms. The number of aliphatic imine (C=N–C) groups is 1. The van der Waals surface area contributed by atoms with Crippen LogP contribution in [0.2, 0.25) is 0 Å². The van der Waals surface area contributed by atoms with Crippen molar-refractivity contribution in [2.24, 2.45) is 10.9 Å². The number of amides is 1. The van der Waals surface area contributed by atoms with Crippen LogP contribution in [0.15, 0.2) is 29.4 Å². The van der Waals surface area contributed by atoms with Gasteiger partial charge in [-0.25, -0.2) is 4.99 Å². The zero-order chi connectivity index (χ0) is 19.6. The lowest BCUT2D eigenvalue weighted by molar-refractivity contribution is -0.122. The van der Waals surface area contributed by atoms with E-state index >= 15 is 0 Å². The molecular weight excluding hydrogens is 354 g/mol. The van der Waals surface area contributed by atoms with Gasteiger partial charge in [0.05, 0.1) is 0 Å². The monoisotopic (exact) mass is 385 g/mol. The zero-order valence-electron chi connectivity index (χ0n) is 16.7. The Morgan fingerprint density at radius 1 is 1.14 bits per heavy atom. The molecule has 1 aliphatic carbocycles. The summed E-state index contributed by atoms with van der Waals surface area (Å²) < 4.78 is 1.93. The number of carbonyl (C=O) groups excluding carboxylic acids is 1. The van der Waals surface area contributed by atoms with E-state index in [2.05, 4.69) is 31.1 Å². The second kappa shape index (κ2) is 10.6. The molecule has 0 unspecified atom stereocenters. The van der Waals surface area contributed by atoms with E-state index in [9.17, 15) is 4.79 Å². The van der Waals surface area contributed by atoms with Gasteiger partial charge in [0.15, 0.2) is 17.4 Å². The lowest BCUT2D eigenvalue weighted by Crippen LogP contribution is -2.41. The minimum Gasteiger partial charge on any atom is -0.357 e. The molecule has 1 fully saturated rings. The maximum absolute atomic E-state index is 12.1. The van der Waals surface area contributed by atoms with Gasteiger partial charge in [0.2, 0.25) is 5.91 Å². The van der Waals surface area contributed by atoms with Crippen LogP contribution in [-0.4, -0.2) is 46.1 Å². The first-order valence-corrected chi connectivity index (χ1v) is 10.3. The van der Waals surface area contributed by atoms with Gasteiger partial charge in [-0.2, -0.15) is 0 Å². The molecule has 2 heterocycles. The highest BCUT2D eigenvalue weighted by molar-refractivity contribution is 5.80. The summed E-state index contributed by atoms with van der Waals surface area (Å²) in [5, 5.41) is 17.8. The molecule has 0 saturated heterocycles. The molecule has 152 valence electrons. The maximum atomic E-state index is 12.1. The third kappa shape index (κ3) is 5.94. The number of hydrogen-bond acceptors (Lipinski definition) is 4. The van der Waals surface area contributed by atoms with Crippen LogP contribution in [0.4, 0.5) is 0 Å².